The van der Waals surface area contributed by atoms with E-state index in [2.05, 4.69) is 28.8 Å². The molecule has 0 amide bonds. The minimum absolute atomic E-state index is 0.0837. The van der Waals surface area contributed by atoms with Crippen LogP contribution >= 0.6 is 0 Å². The average molecular weight is 498 g/mol. The smallest absolute Gasteiger partial charge is 0.262 e. The van der Waals surface area contributed by atoms with Gasteiger partial charge in [0.2, 0.25) is 0 Å². The summed E-state index contributed by atoms with van der Waals surface area (Å²) < 4.78 is 45.7. The summed E-state index contributed by atoms with van der Waals surface area (Å²) >= 11 is 0. The van der Waals surface area contributed by atoms with Crippen molar-refractivity contribution in [3.63, 3.8) is 0 Å². The van der Waals surface area contributed by atoms with Gasteiger partial charge in [0, 0.05) is 36.9 Å². The van der Waals surface area contributed by atoms with Crippen molar-refractivity contribution in [1.82, 2.24) is 5.32 Å². The fraction of sp³-hybridized carbons (Fsp3) is 0.308. The van der Waals surface area contributed by atoms with Crippen LogP contribution in [-0.2, 0) is 10.0 Å². The number of ether oxygens (including phenoxy) is 3. The molecule has 186 valence electrons. The predicted octanol–water partition coefficient (Wildman–Crippen LogP) is 4.48. The maximum Gasteiger partial charge on any atom is 0.262 e. The van der Waals surface area contributed by atoms with Gasteiger partial charge in [-0.2, -0.15) is 0 Å². The van der Waals surface area contributed by atoms with Gasteiger partial charge in [0.1, 0.15) is 23.0 Å². The lowest BCUT2D eigenvalue weighted by Gasteiger charge is -2.38. The Morgan fingerprint density at radius 3 is 2.20 bits per heavy atom. The number of nitrogens with zero attached hydrogens (tertiary/aromatic N) is 1. The molecule has 1 saturated heterocycles. The molecule has 2 unspecified atom stereocenters. The highest BCUT2D eigenvalue weighted by molar-refractivity contribution is 7.92. The van der Waals surface area contributed by atoms with Crippen LogP contribution in [0.5, 0.6) is 23.0 Å². The van der Waals surface area contributed by atoms with Crippen molar-refractivity contribution < 1.29 is 22.6 Å². The van der Waals surface area contributed by atoms with Gasteiger partial charge in [-0.05, 0) is 68.4 Å². The molecule has 1 aliphatic rings. The van der Waals surface area contributed by atoms with E-state index in [1.165, 1.54) is 19.2 Å². The zero-order valence-corrected chi connectivity index (χ0v) is 21.1. The molecule has 2 N–H and O–H groups in total. The molecule has 35 heavy (non-hydrogen) atoms. The molecule has 4 rings (SSSR count). The summed E-state index contributed by atoms with van der Waals surface area (Å²) in [4.78, 5) is 2.33. The molecule has 0 aromatic heterocycles. The summed E-state index contributed by atoms with van der Waals surface area (Å²) in [6, 6.07) is 19.6. The number of nitrogens with one attached hydrogen (secondary N) is 2. The molecular formula is C26H31N3O5S. The molecule has 1 heterocycles. The minimum atomic E-state index is -3.90. The van der Waals surface area contributed by atoms with Crippen LogP contribution in [0.2, 0.25) is 0 Å². The Labute approximate surface area is 206 Å². The third-order valence-corrected chi connectivity index (χ3v) is 7.12. The third kappa shape index (κ3) is 5.98. The molecule has 1 aliphatic heterocycles. The lowest BCUT2D eigenvalue weighted by molar-refractivity contribution is 0.406. The van der Waals surface area contributed by atoms with Gasteiger partial charge in [-0.3, -0.25) is 4.72 Å². The fourth-order valence-corrected chi connectivity index (χ4v) is 5.29. The lowest BCUT2D eigenvalue weighted by atomic mass is 10.1. The number of rotatable bonds is 8. The molecule has 0 aliphatic carbocycles. The first-order valence-electron chi connectivity index (χ1n) is 11.4. The Morgan fingerprint density at radius 1 is 0.857 bits per heavy atom. The quantitative estimate of drug-likeness (QED) is 0.474. The largest absolute Gasteiger partial charge is 0.497 e. The molecule has 1 fully saturated rings. The summed E-state index contributed by atoms with van der Waals surface area (Å²) in [7, 11) is -0.792. The van der Waals surface area contributed by atoms with E-state index in [-0.39, 0.29) is 4.90 Å². The van der Waals surface area contributed by atoms with Crippen LogP contribution in [0.1, 0.15) is 13.8 Å². The zero-order chi connectivity index (χ0) is 25.0. The fourth-order valence-electron chi connectivity index (χ4n) is 4.20. The molecule has 0 saturated carbocycles. The van der Waals surface area contributed by atoms with E-state index in [0.717, 1.165) is 18.8 Å². The van der Waals surface area contributed by atoms with E-state index in [1.54, 1.807) is 49.6 Å². The third-order valence-electron chi connectivity index (χ3n) is 5.76. The Balaban J connectivity index is 1.57. The molecule has 2 atom stereocenters. The molecule has 9 heteroatoms. The highest BCUT2D eigenvalue weighted by Gasteiger charge is 2.23. The number of piperazine rings is 1. The Kier molecular flexibility index (Phi) is 7.37. The monoisotopic (exact) mass is 497 g/mol. The summed E-state index contributed by atoms with van der Waals surface area (Å²) in [5.41, 5.74) is 1.31. The summed E-state index contributed by atoms with van der Waals surface area (Å²) in [6.45, 7) is 5.93. The second-order valence-corrected chi connectivity index (χ2v) is 10.3. The lowest BCUT2D eigenvalue weighted by Crippen LogP contribution is -2.54. The topological polar surface area (TPSA) is 89.1 Å². The van der Waals surface area contributed by atoms with Crippen LogP contribution in [0.3, 0.4) is 0 Å². The van der Waals surface area contributed by atoms with Crippen LogP contribution < -0.4 is 29.1 Å². The number of hydrogen-bond donors (Lipinski definition) is 2. The number of benzene rings is 3. The van der Waals surface area contributed by atoms with E-state index < -0.39 is 10.0 Å². The van der Waals surface area contributed by atoms with Crippen molar-refractivity contribution in [3.05, 3.63) is 66.7 Å². The molecule has 3 aromatic carbocycles. The van der Waals surface area contributed by atoms with Crippen LogP contribution in [0.25, 0.3) is 0 Å². The molecular weight excluding hydrogens is 466 g/mol. The van der Waals surface area contributed by atoms with Crippen LogP contribution in [0.4, 0.5) is 11.4 Å². The van der Waals surface area contributed by atoms with Gasteiger partial charge in [-0.15, -0.1) is 0 Å². The van der Waals surface area contributed by atoms with Crippen molar-refractivity contribution >= 4 is 21.4 Å². The second-order valence-electron chi connectivity index (χ2n) is 8.62. The summed E-state index contributed by atoms with van der Waals surface area (Å²) in [5, 5.41) is 3.51. The van der Waals surface area contributed by atoms with E-state index in [1.807, 2.05) is 12.1 Å². The first-order chi connectivity index (χ1) is 16.8. The molecule has 0 spiro atoms. The number of methoxy groups -OCH3 is 2. The van der Waals surface area contributed by atoms with E-state index in [9.17, 15) is 8.42 Å². The standard InChI is InChI=1S/C26H31N3O5S/c1-18-16-29(17-19(2)27-18)20-8-13-26(33-4)25(14-20)28-35(30,31)24-7-5-6-23(15-24)34-22-11-9-21(32-3)10-12-22/h5-15,18-19,27-28H,16-17H2,1-4H3. The SMILES string of the molecule is COc1ccc(Oc2cccc(S(=O)(=O)Nc3cc(N4CC(C)NC(C)C4)ccc3OC)c2)cc1. The number of hydrogen-bond acceptors (Lipinski definition) is 7. The highest BCUT2D eigenvalue weighted by atomic mass is 32.2. The number of anilines is 2. The van der Waals surface area contributed by atoms with Crippen molar-refractivity contribution in [1.29, 1.82) is 0 Å². The Hall–Kier alpha value is -3.43. The molecule has 3 aromatic rings. The van der Waals surface area contributed by atoms with Crippen molar-refractivity contribution in [2.45, 2.75) is 30.8 Å². The van der Waals surface area contributed by atoms with Crippen LogP contribution in [-0.4, -0.2) is 47.8 Å². The highest BCUT2D eigenvalue weighted by Crippen LogP contribution is 2.33. The first-order valence-corrected chi connectivity index (χ1v) is 12.9. The van der Waals surface area contributed by atoms with Gasteiger partial charge in [0.25, 0.3) is 10.0 Å². The Bertz CT molecular complexity index is 1250. The molecule has 0 radical (unpaired) electrons. The predicted molar refractivity (Wildman–Crippen MR) is 138 cm³/mol. The van der Waals surface area contributed by atoms with Crippen molar-refractivity contribution in [2.24, 2.45) is 0 Å². The molecule has 8 nitrogen and oxygen atoms in total. The summed E-state index contributed by atoms with van der Waals surface area (Å²) in [6.07, 6.45) is 0. The average Bonchev–Trinajstić information content (AvgIpc) is 2.84. The van der Waals surface area contributed by atoms with Crippen molar-refractivity contribution in [2.75, 3.05) is 36.9 Å². The summed E-state index contributed by atoms with van der Waals surface area (Å²) in [5.74, 6) is 2.13. The van der Waals surface area contributed by atoms with Crippen LogP contribution in [0.15, 0.2) is 71.6 Å². The first kappa shape index (κ1) is 24.7. The van der Waals surface area contributed by atoms with E-state index in [0.29, 0.717) is 40.8 Å². The molecule has 0 bridgehead atoms. The van der Waals surface area contributed by atoms with E-state index >= 15 is 0 Å². The van der Waals surface area contributed by atoms with Gasteiger partial charge in [-0.25, -0.2) is 8.42 Å². The normalized spacial score (nSPS) is 18.1. The van der Waals surface area contributed by atoms with E-state index in [4.69, 9.17) is 14.2 Å². The van der Waals surface area contributed by atoms with Crippen molar-refractivity contribution in [3.8, 4) is 23.0 Å². The maximum atomic E-state index is 13.3. The Morgan fingerprint density at radius 2 is 1.54 bits per heavy atom. The van der Waals surface area contributed by atoms with Gasteiger partial charge in [-0.1, -0.05) is 6.07 Å². The van der Waals surface area contributed by atoms with Gasteiger partial charge in [0.05, 0.1) is 24.8 Å². The maximum absolute atomic E-state index is 13.3. The second kappa shape index (κ2) is 10.5. The number of sulfonamides is 1. The van der Waals surface area contributed by atoms with Gasteiger partial charge in [0.15, 0.2) is 0 Å². The van der Waals surface area contributed by atoms with Crippen LogP contribution in [0, 0.1) is 0 Å². The van der Waals surface area contributed by atoms with Gasteiger partial charge < -0.3 is 24.4 Å². The van der Waals surface area contributed by atoms with Gasteiger partial charge >= 0.3 is 0 Å². The minimum Gasteiger partial charge on any atom is -0.497 e. The zero-order valence-electron chi connectivity index (χ0n) is 20.3.